The van der Waals surface area contributed by atoms with Gasteiger partial charge in [-0.05, 0) is 24.6 Å². The topological polar surface area (TPSA) is 151 Å². The first-order valence-corrected chi connectivity index (χ1v) is 9.56. The van der Waals surface area contributed by atoms with Crippen LogP contribution in [0, 0.1) is 6.92 Å². The largest absolute Gasteiger partial charge is 0.493 e. The molecule has 11 heteroatoms. The Bertz CT molecular complexity index is 1230. The van der Waals surface area contributed by atoms with Gasteiger partial charge in [0, 0.05) is 5.56 Å². The molecule has 2 aromatic carbocycles. The molecule has 1 amide bonds. The van der Waals surface area contributed by atoms with E-state index in [4.69, 9.17) is 9.47 Å². The normalized spacial score (nSPS) is 10.7. The van der Waals surface area contributed by atoms with Crippen LogP contribution in [0.25, 0.3) is 0 Å². The van der Waals surface area contributed by atoms with E-state index in [1.165, 1.54) is 13.3 Å². The van der Waals surface area contributed by atoms with Gasteiger partial charge in [0.2, 0.25) is 5.82 Å². The van der Waals surface area contributed by atoms with Crippen LogP contribution in [0.5, 0.6) is 11.5 Å². The molecule has 166 valence electrons. The molecule has 11 nitrogen and oxygen atoms in total. The van der Waals surface area contributed by atoms with Crippen molar-refractivity contribution < 1.29 is 14.3 Å². The van der Waals surface area contributed by atoms with E-state index in [1.54, 1.807) is 18.2 Å². The van der Waals surface area contributed by atoms with Gasteiger partial charge in [0.1, 0.15) is 6.61 Å². The summed E-state index contributed by atoms with van der Waals surface area (Å²) in [5.41, 5.74) is 3.59. The predicted octanol–water partition coefficient (Wildman–Crippen LogP) is 0.916. The average Bonchev–Trinajstić information content (AvgIpc) is 2.77. The Labute approximate surface area is 182 Å². The zero-order chi connectivity index (χ0) is 22.9. The Morgan fingerprint density at radius 3 is 2.78 bits per heavy atom. The predicted molar refractivity (Wildman–Crippen MR) is 118 cm³/mol. The number of nitrogens with one attached hydrogen (secondary N) is 4. The molecule has 1 heterocycles. The zero-order valence-corrected chi connectivity index (χ0v) is 17.5. The lowest BCUT2D eigenvalue weighted by atomic mass is 10.1. The second-order valence-electron chi connectivity index (χ2n) is 6.66. The van der Waals surface area contributed by atoms with E-state index in [-0.39, 0.29) is 12.4 Å². The van der Waals surface area contributed by atoms with Crippen LogP contribution in [0.2, 0.25) is 0 Å². The van der Waals surface area contributed by atoms with Gasteiger partial charge in [0.05, 0.1) is 19.9 Å². The van der Waals surface area contributed by atoms with E-state index >= 15 is 0 Å². The first kappa shape index (κ1) is 22.3. The van der Waals surface area contributed by atoms with Crippen LogP contribution in [0.1, 0.15) is 16.7 Å². The number of aromatic nitrogens is 3. The van der Waals surface area contributed by atoms with Gasteiger partial charge in [-0.3, -0.25) is 14.6 Å². The molecule has 3 aromatic rings. The Hall–Kier alpha value is -4.41. The maximum absolute atomic E-state index is 12.0. The van der Waals surface area contributed by atoms with Gasteiger partial charge in [-0.1, -0.05) is 35.9 Å². The SMILES string of the molecule is COc1cccc(/C=N/NC(=O)CNc2n[nH]c(=O)[nH]c2=O)c1OCc1cccc(C)c1. The van der Waals surface area contributed by atoms with Crippen molar-refractivity contribution >= 4 is 17.9 Å². The van der Waals surface area contributed by atoms with Crippen molar-refractivity contribution in [3.8, 4) is 11.5 Å². The number of nitrogens with zero attached hydrogens (tertiary/aromatic N) is 2. The lowest BCUT2D eigenvalue weighted by Gasteiger charge is -2.13. The quantitative estimate of drug-likeness (QED) is 0.286. The molecular formula is C21H22N6O5. The maximum Gasteiger partial charge on any atom is 0.342 e. The van der Waals surface area contributed by atoms with Gasteiger partial charge in [0.15, 0.2) is 11.5 Å². The van der Waals surface area contributed by atoms with Crippen LogP contribution in [-0.2, 0) is 11.4 Å². The summed E-state index contributed by atoms with van der Waals surface area (Å²) in [6.07, 6.45) is 1.43. The minimum Gasteiger partial charge on any atom is -0.493 e. The average molecular weight is 438 g/mol. The van der Waals surface area contributed by atoms with Gasteiger partial charge in [-0.2, -0.15) is 5.10 Å². The van der Waals surface area contributed by atoms with Gasteiger partial charge < -0.3 is 14.8 Å². The first-order chi connectivity index (χ1) is 15.5. The summed E-state index contributed by atoms with van der Waals surface area (Å²) < 4.78 is 11.4. The van der Waals surface area contributed by atoms with Gasteiger partial charge in [-0.25, -0.2) is 15.3 Å². The highest BCUT2D eigenvalue weighted by atomic mass is 16.5. The number of para-hydroxylation sites is 1. The molecule has 0 atom stereocenters. The van der Waals surface area contributed by atoms with Crippen LogP contribution in [0.4, 0.5) is 5.82 Å². The van der Waals surface area contributed by atoms with Gasteiger partial charge in [0.25, 0.3) is 11.5 Å². The van der Waals surface area contributed by atoms with Crippen molar-refractivity contribution in [3.63, 3.8) is 0 Å². The summed E-state index contributed by atoms with van der Waals surface area (Å²) >= 11 is 0. The molecule has 1 aromatic heterocycles. The van der Waals surface area contributed by atoms with E-state index in [2.05, 4.69) is 26.0 Å². The number of hydrogen-bond donors (Lipinski definition) is 4. The monoisotopic (exact) mass is 438 g/mol. The highest BCUT2D eigenvalue weighted by Gasteiger charge is 2.10. The number of amides is 1. The Morgan fingerprint density at radius 1 is 1.22 bits per heavy atom. The molecule has 0 aliphatic heterocycles. The third-order valence-electron chi connectivity index (χ3n) is 4.22. The summed E-state index contributed by atoms with van der Waals surface area (Å²) in [6, 6.07) is 13.3. The lowest BCUT2D eigenvalue weighted by Crippen LogP contribution is -2.31. The zero-order valence-electron chi connectivity index (χ0n) is 17.5. The number of hydrazone groups is 1. The summed E-state index contributed by atoms with van der Waals surface area (Å²) in [5, 5.41) is 12.0. The first-order valence-electron chi connectivity index (χ1n) is 9.56. The molecule has 0 unspecified atom stereocenters. The molecule has 0 aliphatic carbocycles. The minimum atomic E-state index is -0.742. The molecule has 0 fully saturated rings. The second-order valence-corrected chi connectivity index (χ2v) is 6.66. The Kier molecular flexibility index (Phi) is 7.36. The Morgan fingerprint density at radius 2 is 2.03 bits per heavy atom. The number of ether oxygens (including phenoxy) is 2. The molecule has 0 saturated heterocycles. The lowest BCUT2D eigenvalue weighted by molar-refractivity contribution is -0.119. The molecule has 0 aliphatic rings. The van der Waals surface area contributed by atoms with E-state index in [9.17, 15) is 14.4 Å². The van der Waals surface area contributed by atoms with E-state index in [0.29, 0.717) is 23.7 Å². The number of H-pyrrole nitrogens is 2. The number of hydrogen-bond acceptors (Lipinski definition) is 8. The van der Waals surface area contributed by atoms with Gasteiger partial charge in [-0.15, -0.1) is 5.10 Å². The molecule has 0 saturated carbocycles. The minimum absolute atomic E-state index is 0.191. The summed E-state index contributed by atoms with van der Waals surface area (Å²) in [6.45, 7) is 2.06. The van der Waals surface area contributed by atoms with Crippen molar-refractivity contribution in [1.29, 1.82) is 0 Å². The molecule has 0 radical (unpaired) electrons. The summed E-state index contributed by atoms with van der Waals surface area (Å²) in [5.74, 6) is 0.289. The van der Waals surface area contributed by atoms with Gasteiger partial charge >= 0.3 is 5.69 Å². The molecule has 0 bridgehead atoms. The molecule has 32 heavy (non-hydrogen) atoms. The highest BCUT2D eigenvalue weighted by Crippen LogP contribution is 2.30. The standard InChI is InChI=1S/C21H22N6O5/c1-13-5-3-6-14(9-13)12-32-18-15(7-4-8-16(18)31-2)10-23-25-17(28)11-22-19-20(29)24-21(30)27-26-19/h3-10H,11-12H2,1-2H3,(H,22,26)(H,25,28)(H2,24,27,29,30)/b23-10+. The van der Waals surface area contributed by atoms with Crippen molar-refractivity contribution in [2.45, 2.75) is 13.5 Å². The fraction of sp³-hybridized carbons (Fsp3) is 0.190. The van der Waals surface area contributed by atoms with Crippen molar-refractivity contribution in [2.75, 3.05) is 19.0 Å². The van der Waals surface area contributed by atoms with Crippen LogP contribution < -0.4 is 31.5 Å². The van der Waals surface area contributed by atoms with Crippen molar-refractivity contribution in [2.24, 2.45) is 5.10 Å². The fourth-order valence-electron chi connectivity index (χ4n) is 2.75. The van der Waals surface area contributed by atoms with Crippen LogP contribution in [-0.4, -0.2) is 41.0 Å². The van der Waals surface area contributed by atoms with E-state index in [1.807, 2.05) is 36.2 Å². The third-order valence-corrected chi connectivity index (χ3v) is 4.22. The van der Waals surface area contributed by atoms with Crippen LogP contribution in [0.15, 0.2) is 57.2 Å². The molecule has 4 N–H and O–H groups in total. The molecule has 3 rings (SSSR count). The number of aromatic amines is 2. The molecule has 0 spiro atoms. The number of rotatable bonds is 9. The maximum atomic E-state index is 12.0. The number of anilines is 1. The highest BCUT2D eigenvalue weighted by molar-refractivity contribution is 5.87. The fourth-order valence-corrected chi connectivity index (χ4v) is 2.75. The van der Waals surface area contributed by atoms with E-state index in [0.717, 1.165) is 11.1 Å². The number of carbonyl (C=O) groups is 1. The number of methoxy groups -OCH3 is 1. The van der Waals surface area contributed by atoms with Crippen molar-refractivity contribution in [3.05, 3.63) is 80.0 Å². The number of aryl methyl sites for hydroxylation is 1. The summed E-state index contributed by atoms with van der Waals surface area (Å²) in [7, 11) is 1.54. The third kappa shape index (κ3) is 6.05. The van der Waals surface area contributed by atoms with Crippen LogP contribution in [0.3, 0.4) is 0 Å². The van der Waals surface area contributed by atoms with E-state index < -0.39 is 17.2 Å². The Balaban J connectivity index is 1.63. The van der Waals surface area contributed by atoms with Crippen LogP contribution >= 0.6 is 0 Å². The second kappa shape index (κ2) is 10.6. The van der Waals surface area contributed by atoms with Crippen molar-refractivity contribution in [1.82, 2.24) is 20.6 Å². The number of carbonyl (C=O) groups excluding carboxylic acids is 1. The number of benzene rings is 2. The molecular weight excluding hydrogens is 416 g/mol. The summed E-state index contributed by atoms with van der Waals surface area (Å²) in [4.78, 5) is 36.5. The smallest absolute Gasteiger partial charge is 0.342 e.